The Morgan fingerprint density at radius 3 is 3.05 bits per heavy atom. The lowest BCUT2D eigenvalue weighted by molar-refractivity contribution is -0.0489. The molecule has 4 nitrogen and oxygen atoms in total. The normalized spacial score (nSPS) is 27.0. The number of benzene rings is 1. The molecular weight excluding hydrogens is 262 g/mol. The lowest BCUT2D eigenvalue weighted by atomic mass is 9.74. The van der Waals surface area contributed by atoms with Crippen LogP contribution >= 0.6 is 0 Å². The third-order valence-corrected chi connectivity index (χ3v) is 4.88. The first kappa shape index (κ1) is 15.0. The maximum atomic E-state index is 5.98. The van der Waals surface area contributed by atoms with E-state index in [1.165, 1.54) is 24.0 Å². The molecule has 116 valence electrons. The van der Waals surface area contributed by atoms with Gasteiger partial charge in [0.25, 0.3) is 0 Å². The number of ether oxygens (including phenoxy) is 1. The van der Waals surface area contributed by atoms with Crippen LogP contribution in [0.25, 0.3) is 0 Å². The van der Waals surface area contributed by atoms with Gasteiger partial charge in [-0.25, -0.2) is 0 Å². The van der Waals surface area contributed by atoms with Gasteiger partial charge in [-0.3, -0.25) is 16.2 Å². The van der Waals surface area contributed by atoms with E-state index in [2.05, 4.69) is 41.5 Å². The van der Waals surface area contributed by atoms with Crippen molar-refractivity contribution >= 4 is 0 Å². The van der Waals surface area contributed by atoms with E-state index in [-0.39, 0.29) is 12.1 Å². The number of hydrazine groups is 1. The van der Waals surface area contributed by atoms with E-state index in [1.54, 1.807) is 0 Å². The highest BCUT2D eigenvalue weighted by Gasteiger charge is 2.33. The van der Waals surface area contributed by atoms with Crippen molar-refractivity contribution in [2.75, 3.05) is 26.2 Å². The average Bonchev–Trinajstić information content (AvgIpc) is 2.49. The van der Waals surface area contributed by atoms with Crippen LogP contribution in [-0.2, 0) is 11.2 Å². The number of fused-ring (bicyclic) bond motifs is 1. The van der Waals surface area contributed by atoms with Crippen molar-refractivity contribution in [1.82, 2.24) is 10.3 Å². The Morgan fingerprint density at radius 1 is 1.43 bits per heavy atom. The van der Waals surface area contributed by atoms with Gasteiger partial charge in [0.1, 0.15) is 0 Å². The van der Waals surface area contributed by atoms with E-state index >= 15 is 0 Å². The highest BCUT2D eigenvalue weighted by Crippen LogP contribution is 2.38. The van der Waals surface area contributed by atoms with Gasteiger partial charge in [0.05, 0.1) is 12.7 Å². The number of nitrogens with one attached hydrogen (secondary N) is 1. The van der Waals surface area contributed by atoms with Crippen LogP contribution in [0, 0.1) is 0 Å². The van der Waals surface area contributed by atoms with Crippen LogP contribution in [0.4, 0.5) is 0 Å². The summed E-state index contributed by atoms with van der Waals surface area (Å²) in [5.74, 6) is 6.45. The van der Waals surface area contributed by atoms with Crippen LogP contribution in [0.5, 0.6) is 0 Å². The van der Waals surface area contributed by atoms with Gasteiger partial charge in [0.2, 0.25) is 0 Å². The smallest absolute Gasteiger partial charge is 0.0868 e. The second-order valence-corrected chi connectivity index (χ2v) is 6.32. The van der Waals surface area contributed by atoms with Crippen LogP contribution in [0.15, 0.2) is 24.3 Å². The highest BCUT2D eigenvalue weighted by atomic mass is 16.5. The molecular formula is C17H27N3O. The van der Waals surface area contributed by atoms with Crippen molar-refractivity contribution in [1.29, 1.82) is 0 Å². The van der Waals surface area contributed by atoms with Gasteiger partial charge >= 0.3 is 0 Å². The summed E-state index contributed by atoms with van der Waals surface area (Å²) < 4.78 is 5.98. The fraction of sp³-hybridized carbons (Fsp3) is 0.647. The molecule has 1 aliphatic heterocycles. The Balaban J connectivity index is 1.58. The van der Waals surface area contributed by atoms with Gasteiger partial charge in [0.15, 0.2) is 0 Å². The zero-order chi connectivity index (χ0) is 14.7. The maximum Gasteiger partial charge on any atom is 0.0868 e. The third-order valence-electron chi connectivity index (χ3n) is 4.88. The van der Waals surface area contributed by atoms with Crippen LogP contribution in [0.3, 0.4) is 0 Å². The van der Waals surface area contributed by atoms with Crippen molar-refractivity contribution in [2.24, 2.45) is 5.84 Å². The summed E-state index contributed by atoms with van der Waals surface area (Å²) in [7, 11) is 0. The molecule has 3 N–H and O–H groups in total. The molecule has 2 aliphatic rings. The van der Waals surface area contributed by atoms with Crippen LogP contribution in [-0.4, -0.2) is 43.3 Å². The molecule has 3 rings (SSSR count). The fourth-order valence-electron chi connectivity index (χ4n) is 3.70. The number of morpholine rings is 1. The minimum Gasteiger partial charge on any atom is -0.374 e. The monoisotopic (exact) mass is 289 g/mol. The van der Waals surface area contributed by atoms with E-state index in [0.717, 1.165) is 32.7 Å². The van der Waals surface area contributed by atoms with Gasteiger partial charge < -0.3 is 4.74 Å². The first-order valence-electron chi connectivity index (χ1n) is 8.19. The number of nitrogens with zero attached hydrogens (tertiary/aromatic N) is 1. The molecule has 3 atom stereocenters. The Morgan fingerprint density at radius 2 is 2.29 bits per heavy atom. The molecule has 0 amide bonds. The molecule has 1 aromatic carbocycles. The quantitative estimate of drug-likeness (QED) is 0.618. The zero-order valence-corrected chi connectivity index (χ0v) is 12.9. The van der Waals surface area contributed by atoms with Crippen molar-refractivity contribution in [3.63, 3.8) is 0 Å². The molecule has 0 aromatic heterocycles. The summed E-state index contributed by atoms with van der Waals surface area (Å²) >= 11 is 0. The number of nitrogens with two attached hydrogens (primary N) is 1. The summed E-state index contributed by atoms with van der Waals surface area (Å²) in [6, 6.07) is 8.98. The topological polar surface area (TPSA) is 50.5 Å². The summed E-state index contributed by atoms with van der Waals surface area (Å²) in [6.45, 7) is 6.26. The van der Waals surface area contributed by atoms with E-state index in [9.17, 15) is 0 Å². The largest absolute Gasteiger partial charge is 0.374 e. The number of hydrogen-bond acceptors (Lipinski definition) is 4. The number of hydrogen-bond donors (Lipinski definition) is 2. The van der Waals surface area contributed by atoms with Crippen molar-refractivity contribution in [2.45, 2.75) is 44.2 Å². The lowest BCUT2D eigenvalue weighted by Gasteiger charge is -2.39. The standard InChI is InChI=1S/C17H27N3O/c1-2-7-20-8-9-21-17(12-20)16(19-18)11-14-10-13-5-3-4-6-15(13)14/h3-6,14,16-17,19H,2,7-12,18H2,1H3. The van der Waals surface area contributed by atoms with Crippen LogP contribution in [0.1, 0.15) is 36.8 Å². The average molecular weight is 289 g/mol. The van der Waals surface area contributed by atoms with Crippen molar-refractivity contribution in [3.05, 3.63) is 35.4 Å². The first-order valence-corrected chi connectivity index (χ1v) is 8.19. The second kappa shape index (κ2) is 6.88. The number of rotatable bonds is 6. The van der Waals surface area contributed by atoms with E-state index in [0.29, 0.717) is 5.92 Å². The summed E-state index contributed by atoms with van der Waals surface area (Å²) in [5, 5.41) is 0. The van der Waals surface area contributed by atoms with Crippen molar-refractivity contribution in [3.8, 4) is 0 Å². The summed E-state index contributed by atoms with van der Waals surface area (Å²) in [4.78, 5) is 2.49. The molecule has 21 heavy (non-hydrogen) atoms. The molecule has 0 saturated carbocycles. The lowest BCUT2D eigenvalue weighted by Crippen LogP contribution is -2.54. The maximum absolute atomic E-state index is 5.98. The molecule has 1 saturated heterocycles. The molecule has 0 bridgehead atoms. The first-order chi connectivity index (χ1) is 10.3. The predicted molar refractivity (Wildman–Crippen MR) is 85.1 cm³/mol. The Hall–Kier alpha value is -0.940. The fourth-order valence-corrected chi connectivity index (χ4v) is 3.70. The van der Waals surface area contributed by atoms with Gasteiger partial charge in [-0.1, -0.05) is 31.2 Å². The molecule has 1 aliphatic carbocycles. The zero-order valence-electron chi connectivity index (χ0n) is 12.9. The van der Waals surface area contributed by atoms with E-state index in [4.69, 9.17) is 10.6 Å². The van der Waals surface area contributed by atoms with Crippen molar-refractivity contribution < 1.29 is 4.74 Å². The molecule has 1 aromatic rings. The minimum atomic E-state index is 0.211. The Labute approximate surface area is 127 Å². The van der Waals surface area contributed by atoms with Gasteiger partial charge in [-0.15, -0.1) is 0 Å². The summed E-state index contributed by atoms with van der Waals surface area (Å²) in [6.07, 6.45) is 3.66. The Bertz CT molecular complexity index is 463. The van der Waals surface area contributed by atoms with E-state index in [1.807, 2.05) is 0 Å². The minimum absolute atomic E-state index is 0.211. The highest BCUT2D eigenvalue weighted by molar-refractivity contribution is 5.40. The SMILES string of the molecule is CCCN1CCOC(C(CC2Cc3ccccc32)NN)C1. The van der Waals surface area contributed by atoms with Gasteiger partial charge in [0, 0.05) is 19.1 Å². The third kappa shape index (κ3) is 3.29. The molecule has 0 radical (unpaired) electrons. The molecule has 1 heterocycles. The Kier molecular flexibility index (Phi) is 4.91. The molecule has 1 fully saturated rings. The molecule has 4 heteroatoms. The molecule has 3 unspecified atom stereocenters. The molecule has 0 spiro atoms. The second-order valence-electron chi connectivity index (χ2n) is 6.32. The van der Waals surface area contributed by atoms with Gasteiger partial charge in [-0.2, -0.15) is 0 Å². The summed E-state index contributed by atoms with van der Waals surface area (Å²) in [5.41, 5.74) is 6.01. The van der Waals surface area contributed by atoms with Gasteiger partial charge in [-0.05, 0) is 42.9 Å². The van der Waals surface area contributed by atoms with E-state index < -0.39 is 0 Å². The predicted octanol–water partition coefficient (Wildman–Crippen LogP) is 1.66. The van der Waals surface area contributed by atoms with Crippen LogP contribution < -0.4 is 11.3 Å². The van der Waals surface area contributed by atoms with Crippen LogP contribution in [0.2, 0.25) is 0 Å².